The average Bonchev–Trinajstić information content (AvgIpc) is 2.35. The van der Waals surface area contributed by atoms with Gasteiger partial charge in [0.05, 0.1) is 5.56 Å². The van der Waals surface area contributed by atoms with Crippen LogP contribution in [-0.4, -0.2) is 28.3 Å². The Labute approximate surface area is 137 Å². The molecule has 0 aliphatic carbocycles. The Morgan fingerprint density at radius 1 is 1.12 bits per heavy atom. The van der Waals surface area contributed by atoms with Gasteiger partial charge in [0.1, 0.15) is 11.1 Å². The molecule has 1 rings (SSSR count). The van der Waals surface area contributed by atoms with Crippen LogP contribution in [0.15, 0.2) is 24.3 Å². The van der Waals surface area contributed by atoms with Crippen LogP contribution < -0.4 is 5.32 Å². The summed E-state index contributed by atoms with van der Waals surface area (Å²) in [5.74, 6) is -1.47. The monoisotopic (exact) mass is 347 g/mol. The number of nitrogens with one attached hydrogen (secondary N) is 1. The lowest BCUT2D eigenvalue weighted by atomic mass is 9.90. The summed E-state index contributed by atoms with van der Waals surface area (Å²) in [5, 5.41) is 11.5. The molecule has 8 heteroatoms. The number of carboxylic acid groups (broad SMARTS) is 1. The molecule has 0 saturated heterocycles. The smallest absolute Gasteiger partial charge is 0.416 e. The molecule has 0 bridgehead atoms. The van der Waals surface area contributed by atoms with Crippen molar-refractivity contribution in [3.05, 3.63) is 35.4 Å². The van der Waals surface area contributed by atoms with Crippen molar-refractivity contribution in [3.8, 4) is 0 Å². The molecule has 0 fully saturated rings. The molecule has 5 nitrogen and oxygen atoms in total. The third-order valence-electron chi connectivity index (χ3n) is 3.12. The molecule has 1 aromatic carbocycles. The largest absolute Gasteiger partial charge is 0.480 e. The molecule has 0 spiro atoms. The minimum absolute atomic E-state index is 0.231. The Morgan fingerprint density at radius 3 is 2.12 bits per heavy atom. The van der Waals surface area contributed by atoms with E-state index in [2.05, 4.69) is 5.32 Å². The molecule has 1 unspecified atom stereocenters. The summed E-state index contributed by atoms with van der Waals surface area (Å²) in [6.07, 6.45) is -6.18. The third-order valence-corrected chi connectivity index (χ3v) is 3.12. The highest BCUT2D eigenvalue weighted by molar-refractivity contribution is 5.84. The number of carboxylic acids is 1. The van der Waals surface area contributed by atoms with Crippen molar-refractivity contribution in [2.75, 3.05) is 0 Å². The van der Waals surface area contributed by atoms with Crippen LogP contribution >= 0.6 is 0 Å². The third kappa shape index (κ3) is 5.43. The highest BCUT2D eigenvalue weighted by Crippen LogP contribution is 2.33. The topological polar surface area (TPSA) is 75.6 Å². The molecular formula is C16H20F3NO4. The van der Waals surface area contributed by atoms with Gasteiger partial charge in [0, 0.05) is 6.42 Å². The minimum atomic E-state index is -4.62. The van der Waals surface area contributed by atoms with Crippen molar-refractivity contribution in [1.82, 2.24) is 5.32 Å². The SMILES string of the molecule is CC(C)(C)OC(=O)NC(C)(Cc1ccccc1C(F)(F)F)C(=O)O. The molecule has 0 saturated carbocycles. The fourth-order valence-corrected chi connectivity index (χ4v) is 2.03. The van der Waals surface area contributed by atoms with Crippen LogP contribution in [0.3, 0.4) is 0 Å². The maximum Gasteiger partial charge on any atom is 0.416 e. The lowest BCUT2D eigenvalue weighted by molar-refractivity contribution is -0.145. The number of aliphatic carboxylic acids is 1. The van der Waals surface area contributed by atoms with Gasteiger partial charge in [-0.05, 0) is 39.3 Å². The molecule has 134 valence electrons. The van der Waals surface area contributed by atoms with Gasteiger partial charge in [0.15, 0.2) is 0 Å². The van der Waals surface area contributed by atoms with Crippen LogP contribution in [0.5, 0.6) is 0 Å². The van der Waals surface area contributed by atoms with E-state index in [1.807, 2.05) is 0 Å². The van der Waals surface area contributed by atoms with E-state index in [1.54, 1.807) is 20.8 Å². The number of alkyl halides is 3. The number of hydrogen-bond donors (Lipinski definition) is 2. The number of halogens is 3. The van der Waals surface area contributed by atoms with Gasteiger partial charge < -0.3 is 15.2 Å². The molecule has 1 aromatic rings. The lowest BCUT2D eigenvalue weighted by Gasteiger charge is -2.29. The zero-order valence-corrected chi connectivity index (χ0v) is 13.8. The molecule has 0 aliphatic heterocycles. The summed E-state index contributed by atoms with van der Waals surface area (Å²) < 4.78 is 44.1. The number of carbonyl (C=O) groups excluding carboxylic acids is 1. The van der Waals surface area contributed by atoms with E-state index in [9.17, 15) is 27.9 Å². The predicted molar refractivity (Wildman–Crippen MR) is 80.6 cm³/mol. The molecule has 0 heterocycles. The second kappa shape index (κ2) is 6.70. The first-order valence-electron chi connectivity index (χ1n) is 7.14. The second-order valence-corrected chi connectivity index (χ2v) is 6.60. The molecule has 0 aliphatic rings. The predicted octanol–water partition coefficient (Wildman–Crippen LogP) is 3.62. The maximum atomic E-state index is 13.1. The number of rotatable bonds is 4. The van der Waals surface area contributed by atoms with Crippen molar-refractivity contribution in [2.24, 2.45) is 0 Å². The standard InChI is InChI=1S/C16H20F3NO4/c1-14(2,3)24-13(23)20-15(4,12(21)22)9-10-7-5-6-8-11(10)16(17,18)19/h5-8H,9H2,1-4H3,(H,20,23)(H,21,22). The normalized spacial score (nSPS) is 14.6. The molecule has 0 radical (unpaired) electrons. The second-order valence-electron chi connectivity index (χ2n) is 6.60. The summed E-state index contributed by atoms with van der Waals surface area (Å²) in [5.41, 5.74) is -3.99. The van der Waals surface area contributed by atoms with Crippen LogP contribution in [0.4, 0.5) is 18.0 Å². The zero-order valence-electron chi connectivity index (χ0n) is 13.8. The highest BCUT2D eigenvalue weighted by Gasteiger charge is 2.40. The van der Waals surface area contributed by atoms with Gasteiger partial charge >= 0.3 is 18.2 Å². The number of carbonyl (C=O) groups is 2. The number of alkyl carbamates (subject to hydrolysis) is 1. The summed E-state index contributed by atoms with van der Waals surface area (Å²) in [6.45, 7) is 5.89. The van der Waals surface area contributed by atoms with Crippen LogP contribution in [0, 0.1) is 0 Å². The van der Waals surface area contributed by atoms with E-state index < -0.39 is 41.4 Å². The van der Waals surface area contributed by atoms with E-state index >= 15 is 0 Å². The van der Waals surface area contributed by atoms with Crippen LogP contribution in [-0.2, 0) is 22.1 Å². The van der Waals surface area contributed by atoms with Crippen molar-refractivity contribution in [3.63, 3.8) is 0 Å². The fraction of sp³-hybridized carbons (Fsp3) is 0.500. The van der Waals surface area contributed by atoms with E-state index in [0.717, 1.165) is 13.0 Å². The van der Waals surface area contributed by atoms with Crippen molar-refractivity contribution in [1.29, 1.82) is 0 Å². The summed E-state index contributed by atoms with van der Waals surface area (Å²) in [7, 11) is 0. The van der Waals surface area contributed by atoms with Gasteiger partial charge in [-0.3, -0.25) is 0 Å². The highest BCUT2D eigenvalue weighted by atomic mass is 19.4. The van der Waals surface area contributed by atoms with E-state index in [4.69, 9.17) is 4.74 Å². The average molecular weight is 347 g/mol. The van der Waals surface area contributed by atoms with Crippen molar-refractivity contribution < 1.29 is 32.6 Å². The molecule has 1 atom stereocenters. The van der Waals surface area contributed by atoms with E-state index in [-0.39, 0.29) is 5.56 Å². The van der Waals surface area contributed by atoms with Crippen LogP contribution in [0.2, 0.25) is 0 Å². The maximum absolute atomic E-state index is 13.1. The first kappa shape index (κ1) is 19.8. The van der Waals surface area contributed by atoms with Crippen molar-refractivity contribution >= 4 is 12.1 Å². The van der Waals surface area contributed by atoms with E-state index in [1.165, 1.54) is 18.2 Å². The Kier molecular flexibility index (Phi) is 5.53. The number of ether oxygens (including phenoxy) is 1. The van der Waals surface area contributed by atoms with Crippen LogP contribution in [0.1, 0.15) is 38.8 Å². The number of amides is 1. The Hall–Kier alpha value is -2.25. The molecular weight excluding hydrogens is 327 g/mol. The first-order valence-corrected chi connectivity index (χ1v) is 7.14. The Morgan fingerprint density at radius 2 is 1.67 bits per heavy atom. The zero-order chi connectivity index (χ0) is 18.8. The van der Waals surface area contributed by atoms with Gasteiger partial charge in [0.25, 0.3) is 0 Å². The minimum Gasteiger partial charge on any atom is -0.480 e. The lowest BCUT2D eigenvalue weighted by Crippen LogP contribution is -2.55. The van der Waals surface area contributed by atoms with Gasteiger partial charge in [-0.15, -0.1) is 0 Å². The van der Waals surface area contributed by atoms with Gasteiger partial charge in [-0.2, -0.15) is 13.2 Å². The molecule has 2 N–H and O–H groups in total. The summed E-state index contributed by atoms with van der Waals surface area (Å²) >= 11 is 0. The number of benzene rings is 1. The molecule has 24 heavy (non-hydrogen) atoms. The Bertz CT molecular complexity index is 622. The first-order chi connectivity index (χ1) is 10.7. The fourth-order valence-electron chi connectivity index (χ4n) is 2.03. The van der Waals surface area contributed by atoms with Crippen molar-refractivity contribution in [2.45, 2.75) is 51.4 Å². The van der Waals surface area contributed by atoms with Gasteiger partial charge in [0.2, 0.25) is 0 Å². The van der Waals surface area contributed by atoms with Gasteiger partial charge in [-0.25, -0.2) is 9.59 Å². The van der Waals surface area contributed by atoms with Crippen LogP contribution in [0.25, 0.3) is 0 Å². The molecule has 1 amide bonds. The van der Waals surface area contributed by atoms with Gasteiger partial charge in [-0.1, -0.05) is 18.2 Å². The van der Waals surface area contributed by atoms with E-state index in [0.29, 0.717) is 0 Å². The quantitative estimate of drug-likeness (QED) is 0.872. The summed E-state index contributed by atoms with van der Waals surface area (Å²) in [4.78, 5) is 23.4. The number of hydrogen-bond acceptors (Lipinski definition) is 3. The summed E-state index contributed by atoms with van der Waals surface area (Å²) in [6, 6.07) is 4.64. The molecule has 0 aromatic heterocycles. The Balaban J connectivity index is 3.11.